The molecule has 2 fully saturated rings. The molecule has 0 bridgehead atoms. The molecule has 1 unspecified atom stereocenters. The van der Waals surface area contributed by atoms with Gasteiger partial charge >= 0.3 is 0 Å². The van der Waals surface area contributed by atoms with Gasteiger partial charge in [0.15, 0.2) is 0 Å². The minimum atomic E-state index is 0.776. The van der Waals surface area contributed by atoms with Crippen molar-refractivity contribution in [3.63, 3.8) is 0 Å². The highest BCUT2D eigenvalue weighted by molar-refractivity contribution is 5.02. The van der Waals surface area contributed by atoms with Crippen LogP contribution in [0, 0.1) is 5.41 Å². The SMILES string of the molecule is CC1NCCCC12CC2. The zero-order valence-electron chi connectivity index (χ0n) is 6.11. The third kappa shape index (κ3) is 0.787. The normalized spacial score (nSPS) is 39.0. The summed E-state index contributed by atoms with van der Waals surface area (Å²) >= 11 is 0. The monoisotopic (exact) mass is 125 g/mol. The van der Waals surface area contributed by atoms with Crippen molar-refractivity contribution in [3.05, 3.63) is 0 Å². The highest BCUT2D eigenvalue weighted by Crippen LogP contribution is 2.53. The Morgan fingerprint density at radius 1 is 1.33 bits per heavy atom. The minimum absolute atomic E-state index is 0.776. The second-order valence-electron chi connectivity index (χ2n) is 3.64. The summed E-state index contributed by atoms with van der Waals surface area (Å²) < 4.78 is 0. The van der Waals surface area contributed by atoms with Crippen LogP contribution < -0.4 is 5.32 Å². The van der Waals surface area contributed by atoms with Crippen molar-refractivity contribution in [1.82, 2.24) is 5.32 Å². The van der Waals surface area contributed by atoms with Gasteiger partial charge in [0.25, 0.3) is 0 Å². The smallest absolute Gasteiger partial charge is 0.00952 e. The molecule has 0 aromatic rings. The molecule has 1 atom stereocenters. The van der Waals surface area contributed by atoms with E-state index < -0.39 is 0 Å². The van der Waals surface area contributed by atoms with Crippen LogP contribution in [0.1, 0.15) is 32.6 Å². The van der Waals surface area contributed by atoms with Crippen LogP contribution in [-0.2, 0) is 0 Å². The first-order valence-corrected chi connectivity index (χ1v) is 4.07. The van der Waals surface area contributed by atoms with Gasteiger partial charge in [0, 0.05) is 6.04 Å². The van der Waals surface area contributed by atoms with E-state index in [9.17, 15) is 0 Å². The zero-order valence-corrected chi connectivity index (χ0v) is 6.11. The van der Waals surface area contributed by atoms with E-state index in [4.69, 9.17) is 0 Å². The average molecular weight is 125 g/mol. The molecule has 9 heavy (non-hydrogen) atoms. The van der Waals surface area contributed by atoms with Gasteiger partial charge in [-0.3, -0.25) is 0 Å². The molecule has 1 aliphatic heterocycles. The molecule has 2 rings (SSSR count). The average Bonchev–Trinajstić information content (AvgIpc) is 2.60. The van der Waals surface area contributed by atoms with Gasteiger partial charge in [-0.1, -0.05) is 0 Å². The summed E-state index contributed by atoms with van der Waals surface area (Å²) in [4.78, 5) is 0. The molecule has 1 saturated carbocycles. The van der Waals surface area contributed by atoms with E-state index in [1.165, 1.54) is 32.2 Å². The summed E-state index contributed by atoms with van der Waals surface area (Å²) in [6.07, 6.45) is 5.87. The van der Waals surface area contributed by atoms with E-state index in [2.05, 4.69) is 12.2 Å². The molecule has 0 radical (unpaired) electrons. The predicted molar refractivity (Wildman–Crippen MR) is 38.4 cm³/mol. The Kier molecular flexibility index (Phi) is 1.10. The molecule has 0 aromatic carbocycles. The summed E-state index contributed by atoms with van der Waals surface area (Å²) in [5.74, 6) is 0. The summed E-state index contributed by atoms with van der Waals surface area (Å²) in [5.41, 5.74) is 0.776. The van der Waals surface area contributed by atoms with Crippen molar-refractivity contribution < 1.29 is 0 Å². The maximum Gasteiger partial charge on any atom is 0.00952 e. The lowest BCUT2D eigenvalue weighted by atomic mass is 9.89. The van der Waals surface area contributed by atoms with Crippen molar-refractivity contribution in [3.8, 4) is 0 Å². The van der Waals surface area contributed by atoms with Crippen LogP contribution in [0.5, 0.6) is 0 Å². The number of nitrogens with one attached hydrogen (secondary N) is 1. The number of hydrogen-bond acceptors (Lipinski definition) is 1. The van der Waals surface area contributed by atoms with E-state index in [1.54, 1.807) is 0 Å². The van der Waals surface area contributed by atoms with Crippen molar-refractivity contribution >= 4 is 0 Å². The molecule has 52 valence electrons. The van der Waals surface area contributed by atoms with Gasteiger partial charge in [-0.05, 0) is 44.6 Å². The Morgan fingerprint density at radius 2 is 2.11 bits per heavy atom. The minimum Gasteiger partial charge on any atom is -0.314 e. The lowest BCUT2D eigenvalue weighted by molar-refractivity contribution is 0.274. The van der Waals surface area contributed by atoms with E-state index in [0.29, 0.717) is 0 Å². The lowest BCUT2D eigenvalue weighted by Crippen LogP contribution is -2.40. The molecule has 2 aliphatic rings. The quantitative estimate of drug-likeness (QED) is 0.518. The van der Waals surface area contributed by atoms with Crippen LogP contribution in [0.2, 0.25) is 0 Å². The summed E-state index contributed by atoms with van der Waals surface area (Å²) in [6, 6.07) is 0.811. The fraction of sp³-hybridized carbons (Fsp3) is 1.00. The number of hydrogen-bond donors (Lipinski definition) is 1. The topological polar surface area (TPSA) is 12.0 Å². The fourth-order valence-corrected chi connectivity index (χ4v) is 2.04. The standard InChI is InChI=1S/C8H15N/c1-7-8(4-5-8)3-2-6-9-7/h7,9H,2-6H2,1H3. The molecule has 0 aromatic heterocycles. The number of rotatable bonds is 0. The highest BCUT2D eigenvalue weighted by Gasteiger charge is 2.47. The Labute approximate surface area is 56.8 Å². The lowest BCUT2D eigenvalue weighted by Gasteiger charge is -2.29. The van der Waals surface area contributed by atoms with Crippen LogP contribution in [0.3, 0.4) is 0 Å². The van der Waals surface area contributed by atoms with Crippen LogP contribution in [0.15, 0.2) is 0 Å². The molecule has 1 saturated heterocycles. The molecule has 1 N–H and O–H groups in total. The molecular formula is C8H15N. The van der Waals surface area contributed by atoms with Crippen molar-refractivity contribution in [2.75, 3.05) is 6.54 Å². The van der Waals surface area contributed by atoms with Gasteiger partial charge in [-0.15, -0.1) is 0 Å². The molecule has 1 heteroatoms. The Morgan fingerprint density at radius 3 is 2.56 bits per heavy atom. The largest absolute Gasteiger partial charge is 0.314 e. The van der Waals surface area contributed by atoms with Gasteiger partial charge in [0.1, 0.15) is 0 Å². The van der Waals surface area contributed by atoms with Gasteiger partial charge in [-0.25, -0.2) is 0 Å². The zero-order chi connectivity index (χ0) is 6.32. The van der Waals surface area contributed by atoms with Crippen LogP contribution in [0.25, 0.3) is 0 Å². The predicted octanol–water partition coefficient (Wildman–Crippen LogP) is 1.54. The molecule has 1 aliphatic carbocycles. The van der Waals surface area contributed by atoms with Gasteiger partial charge in [0.2, 0.25) is 0 Å². The third-order valence-electron chi connectivity index (χ3n) is 3.11. The number of piperidine rings is 1. The van der Waals surface area contributed by atoms with Crippen molar-refractivity contribution in [1.29, 1.82) is 0 Å². The Hall–Kier alpha value is -0.0400. The summed E-state index contributed by atoms with van der Waals surface area (Å²) in [6.45, 7) is 3.59. The fourth-order valence-electron chi connectivity index (χ4n) is 2.04. The van der Waals surface area contributed by atoms with Crippen LogP contribution in [-0.4, -0.2) is 12.6 Å². The molecule has 1 heterocycles. The van der Waals surface area contributed by atoms with Gasteiger partial charge in [0.05, 0.1) is 0 Å². The van der Waals surface area contributed by atoms with Crippen molar-refractivity contribution in [2.24, 2.45) is 5.41 Å². The third-order valence-corrected chi connectivity index (χ3v) is 3.11. The molecule has 1 nitrogen and oxygen atoms in total. The second kappa shape index (κ2) is 1.72. The molecule has 0 amide bonds. The van der Waals surface area contributed by atoms with E-state index >= 15 is 0 Å². The maximum atomic E-state index is 3.53. The summed E-state index contributed by atoms with van der Waals surface area (Å²) in [5, 5.41) is 3.53. The first kappa shape index (κ1) is 5.72. The van der Waals surface area contributed by atoms with Crippen LogP contribution >= 0.6 is 0 Å². The second-order valence-corrected chi connectivity index (χ2v) is 3.64. The van der Waals surface area contributed by atoms with Gasteiger partial charge < -0.3 is 5.32 Å². The Balaban J connectivity index is 2.03. The Bertz CT molecular complexity index is 116. The van der Waals surface area contributed by atoms with Crippen LogP contribution in [0.4, 0.5) is 0 Å². The molecule has 1 spiro atoms. The molecular weight excluding hydrogens is 110 g/mol. The van der Waals surface area contributed by atoms with E-state index in [0.717, 1.165) is 11.5 Å². The summed E-state index contributed by atoms with van der Waals surface area (Å²) in [7, 11) is 0. The van der Waals surface area contributed by atoms with E-state index in [-0.39, 0.29) is 0 Å². The van der Waals surface area contributed by atoms with Crippen molar-refractivity contribution in [2.45, 2.75) is 38.6 Å². The van der Waals surface area contributed by atoms with Gasteiger partial charge in [-0.2, -0.15) is 0 Å². The maximum absolute atomic E-state index is 3.53. The van der Waals surface area contributed by atoms with E-state index in [1.807, 2.05) is 0 Å². The first-order valence-electron chi connectivity index (χ1n) is 4.07. The highest BCUT2D eigenvalue weighted by atomic mass is 15.0. The first-order chi connectivity index (χ1) is 4.33.